The van der Waals surface area contributed by atoms with Crippen molar-refractivity contribution in [3.05, 3.63) is 0 Å². The van der Waals surface area contributed by atoms with E-state index in [2.05, 4.69) is 4.18 Å². The number of halogens is 4. The molecule has 0 aliphatic rings. The molecule has 0 aliphatic carbocycles. The molecule has 0 aromatic carbocycles. The fourth-order valence-electron chi connectivity index (χ4n) is 0.453. The third-order valence-electron chi connectivity index (χ3n) is 1.03. The summed E-state index contributed by atoms with van der Waals surface area (Å²) in [7, 11) is 0.534. The fourth-order valence-corrected chi connectivity index (χ4v) is 1.16. The van der Waals surface area contributed by atoms with E-state index in [-0.39, 0.29) is 0 Å². The van der Waals surface area contributed by atoms with Crippen molar-refractivity contribution in [3.63, 3.8) is 0 Å². The Morgan fingerprint density at radius 1 is 1.67 bits per heavy atom. The van der Waals surface area contributed by atoms with E-state index in [9.17, 15) is 18.0 Å². The summed E-state index contributed by atoms with van der Waals surface area (Å²) in [6.45, 7) is -0.792. The van der Waals surface area contributed by atoms with Crippen LogP contribution in [0.3, 0.4) is 0 Å². The van der Waals surface area contributed by atoms with Crippen molar-refractivity contribution in [3.8, 4) is 0 Å². The molecular weight excluding hydrogens is 310 g/mol. The number of nitrogens with two attached hydrogens (primary N) is 1. The molecule has 0 aliphatic heterocycles. The summed E-state index contributed by atoms with van der Waals surface area (Å²) in [5.74, 6) is -3.58. The van der Waals surface area contributed by atoms with Crippen molar-refractivity contribution in [1.82, 2.24) is 0 Å². The summed E-state index contributed by atoms with van der Waals surface area (Å²) in [5, 5.41) is 0. The third kappa shape index (κ3) is 3.81. The molecule has 8 heteroatoms. The minimum absolute atomic E-state index is 0.534. The molecule has 0 saturated heterocycles. The highest BCUT2D eigenvalue weighted by atomic mass is 127. The average Bonchev–Trinajstić information content (AvgIpc) is 1.85. The average molecular weight is 315 g/mol. The van der Waals surface area contributed by atoms with Gasteiger partial charge in [0.1, 0.15) is 9.21 Å². The molecule has 1 atom stereocenters. The summed E-state index contributed by atoms with van der Waals surface area (Å²) in [6, 6.07) is 0. The highest BCUT2D eigenvalue weighted by Crippen LogP contribution is 2.28. The first kappa shape index (κ1) is 12.3. The van der Waals surface area contributed by atoms with Gasteiger partial charge in [0.15, 0.2) is 5.92 Å². The predicted octanol–water partition coefficient (Wildman–Crippen LogP) is 1.67. The zero-order valence-electron chi connectivity index (χ0n) is 5.60. The monoisotopic (exact) mass is 315 g/mol. The molecular formula is C4H5F3INO2S. The van der Waals surface area contributed by atoms with Crippen molar-refractivity contribution in [2.45, 2.75) is 6.18 Å². The van der Waals surface area contributed by atoms with Crippen LogP contribution in [0.1, 0.15) is 0 Å². The van der Waals surface area contributed by atoms with Crippen LogP contribution in [0.4, 0.5) is 13.2 Å². The van der Waals surface area contributed by atoms with E-state index < -0.39 is 24.6 Å². The number of hydrogen-bond donors (Lipinski definition) is 1. The van der Waals surface area contributed by atoms with Crippen LogP contribution >= 0.6 is 30.4 Å². The van der Waals surface area contributed by atoms with Crippen LogP contribution in [-0.2, 0) is 8.98 Å². The molecule has 0 spiro atoms. The molecule has 0 fully saturated rings. The van der Waals surface area contributed by atoms with E-state index in [0.29, 0.717) is 9.21 Å². The molecule has 0 saturated carbocycles. The molecule has 0 aromatic rings. The normalized spacial score (nSPS) is 14.1. The van der Waals surface area contributed by atoms with Gasteiger partial charge in [0, 0.05) is 27.8 Å². The highest BCUT2D eigenvalue weighted by molar-refractivity contribution is 14.2. The van der Waals surface area contributed by atoms with Crippen molar-refractivity contribution in [2.75, 3.05) is 6.54 Å². The number of hydrogen-bond acceptors (Lipinski definition) is 4. The van der Waals surface area contributed by atoms with Gasteiger partial charge in [0.2, 0.25) is 0 Å². The lowest BCUT2D eigenvalue weighted by molar-refractivity contribution is -0.188. The van der Waals surface area contributed by atoms with Gasteiger partial charge in [-0.05, 0) is 0 Å². The highest BCUT2D eigenvalue weighted by Gasteiger charge is 2.45. The van der Waals surface area contributed by atoms with Crippen molar-refractivity contribution < 1.29 is 22.1 Å². The Bertz CT molecular complexity index is 165. The van der Waals surface area contributed by atoms with Crippen molar-refractivity contribution in [1.29, 1.82) is 0 Å². The van der Waals surface area contributed by atoms with Crippen LogP contribution in [-0.4, -0.2) is 18.7 Å². The Balaban J connectivity index is 4.25. The number of carbonyl (C=O) groups excluding carboxylic acids is 1. The van der Waals surface area contributed by atoms with E-state index in [1.54, 1.807) is 21.2 Å². The molecule has 0 amide bonds. The van der Waals surface area contributed by atoms with E-state index in [1.807, 2.05) is 0 Å². The Labute approximate surface area is 83.0 Å². The maximum atomic E-state index is 11.9. The van der Waals surface area contributed by atoms with Gasteiger partial charge in [0.05, 0.1) is 0 Å². The molecule has 12 heavy (non-hydrogen) atoms. The summed E-state index contributed by atoms with van der Waals surface area (Å²) in [5.41, 5.74) is 4.76. The topological polar surface area (TPSA) is 52.3 Å². The Morgan fingerprint density at radius 3 is 2.42 bits per heavy atom. The summed E-state index contributed by atoms with van der Waals surface area (Å²) >= 11 is 1.55. The molecule has 0 heterocycles. The molecule has 0 rings (SSSR count). The van der Waals surface area contributed by atoms with Gasteiger partial charge in [-0.15, -0.1) is 0 Å². The maximum absolute atomic E-state index is 11.9. The van der Waals surface area contributed by atoms with Gasteiger partial charge >= 0.3 is 12.1 Å². The number of alkyl halides is 3. The first-order chi connectivity index (χ1) is 5.43. The second-order valence-corrected chi connectivity index (χ2v) is 3.17. The third-order valence-corrected chi connectivity index (χ3v) is 1.80. The summed E-state index contributed by atoms with van der Waals surface area (Å²) in [4.78, 5) is 10.6. The molecule has 0 bridgehead atoms. The molecule has 1 unspecified atom stereocenters. The molecule has 3 nitrogen and oxygen atoms in total. The van der Waals surface area contributed by atoms with Crippen LogP contribution in [0.2, 0.25) is 0 Å². The van der Waals surface area contributed by atoms with Crippen molar-refractivity contribution in [2.24, 2.45) is 11.7 Å². The minimum atomic E-state index is -4.63. The van der Waals surface area contributed by atoms with Gasteiger partial charge < -0.3 is 9.92 Å². The van der Waals surface area contributed by atoms with Gasteiger partial charge in [-0.2, -0.15) is 13.2 Å². The summed E-state index contributed by atoms with van der Waals surface area (Å²) < 4.78 is 39.8. The van der Waals surface area contributed by atoms with Crippen LogP contribution in [0.5, 0.6) is 0 Å². The molecule has 0 aromatic heterocycles. The van der Waals surface area contributed by atoms with Crippen LogP contribution in [0.15, 0.2) is 0 Å². The molecule has 72 valence electrons. The first-order valence-corrected chi connectivity index (χ1v) is 5.97. The Morgan fingerprint density at radius 2 is 2.17 bits per heavy atom. The zero-order chi connectivity index (χ0) is 9.78. The fraction of sp³-hybridized carbons (Fsp3) is 0.750. The number of carbonyl (C=O) groups is 1. The largest absolute Gasteiger partial charge is 0.403 e. The van der Waals surface area contributed by atoms with Crippen LogP contribution < -0.4 is 5.73 Å². The lowest BCUT2D eigenvalue weighted by Gasteiger charge is -2.14. The molecule has 2 N–H and O–H groups in total. The van der Waals surface area contributed by atoms with Gasteiger partial charge in [0.25, 0.3) is 0 Å². The second kappa shape index (κ2) is 5.12. The zero-order valence-corrected chi connectivity index (χ0v) is 8.57. The Hall–Kier alpha value is 0.300. The van der Waals surface area contributed by atoms with E-state index in [1.165, 1.54) is 0 Å². The van der Waals surface area contributed by atoms with E-state index >= 15 is 0 Å². The standard InChI is InChI=1S/C4H5F3INO2S/c5-4(6,7)2(1-9)3(10)11-12-8/h2H,1,9H2. The van der Waals surface area contributed by atoms with Crippen molar-refractivity contribution >= 4 is 36.4 Å². The van der Waals surface area contributed by atoms with Gasteiger partial charge in [-0.3, -0.25) is 4.79 Å². The lowest BCUT2D eigenvalue weighted by atomic mass is 10.1. The predicted molar refractivity (Wildman–Crippen MR) is 46.3 cm³/mol. The van der Waals surface area contributed by atoms with Gasteiger partial charge in [-0.1, -0.05) is 0 Å². The minimum Gasteiger partial charge on any atom is -0.380 e. The van der Waals surface area contributed by atoms with Crippen LogP contribution in [0, 0.1) is 5.92 Å². The second-order valence-electron chi connectivity index (χ2n) is 1.80. The maximum Gasteiger partial charge on any atom is 0.403 e. The van der Waals surface area contributed by atoms with Gasteiger partial charge in [-0.25, -0.2) is 0 Å². The first-order valence-electron chi connectivity index (χ1n) is 2.69. The quantitative estimate of drug-likeness (QED) is 0.636. The summed E-state index contributed by atoms with van der Waals surface area (Å²) in [6.07, 6.45) is -4.63. The Kier molecular flexibility index (Phi) is 5.25. The van der Waals surface area contributed by atoms with E-state index in [4.69, 9.17) is 5.73 Å². The van der Waals surface area contributed by atoms with Crippen LogP contribution in [0.25, 0.3) is 0 Å². The molecule has 0 radical (unpaired) electrons. The number of rotatable bonds is 3. The van der Waals surface area contributed by atoms with E-state index in [0.717, 1.165) is 0 Å². The SMILES string of the molecule is NCC(C(=O)OSI)C(F)(F)F. The lowest BCUT2D eigenvalue weighted by Crippen LogP contribution is -2.37. The smallest absolute Gasteiger partial charge is 0.380 e.